The molecule has 0 aliphatic heterocycles. The summed E-state index contributed by atoms with van der Waals surface area (Å²) in [5.74, 6) is -0.908. The highest BCUT2D eigenvalue weighted by molar-refractivity contribution is 5.75. The van der Waals surface area contributed by atoms with E-state index in [4.69, 9.17) is 5.11 Å². The van der Waals surface area contributed by atoms with E-state index in [9.17, 15) is 9.59 Å². The highest BCUT2D eigenvalue weighted by Gasteiger charge is 2.11. The van der Waals surface area contributed by atoms with Gasteiger partial charge in [0, 0.05) is 20.1 Å². The van der Waals surface area contributed by atoms with Crippen LogP contribution in [0.4, 0.5) is 4.79 Å². The zero-order valence-electron chi connectivity index (χ0n) is 12.5. The lowest BCUT2D eigenvalue weighted by atomic mass is 10.00. The van der Waals surface area contributed by atoms with Crippen LogP contribution in [0.5, 0.6) is 0 Å². The molecule has 0 aliphatic carbocycles. The molecule has 0 atom stereocenters. The topological polar surface area (TPSA) is 69.6 Å². The molecule has 0 spiro atoms. The standard InChI is InChI=1S/C15H22N2O3/c1-10-7-11(2)13(12(3)8-10)9-16-15(20)17(4)6-5-14(18)19/h7-8H,5-6,9H2,1-4H3,(H,16,20)(H,18,19). The van der Waals surface area contributed by atoms with Gasteiger partial charge in [0.15, 0.2) is 0 Å². The summed E-state index contributed by atoms with van der Waals surface area (Å²) in [6, 6.07) is 3.91. The van der Waals surface area contributed by atoms with Crippen LogP contribution in [0.25, 0.3) is 0 Å². The number of hydrogen-bond acceptors (Lipinski definition) is 2. The quantitative estimate of drug-likeness (QED) is 0.867. The van der Waals surface area contributed by atoms with Crippen molar-refractivity contribution in [1.82, 2.24) is 10.2 Å². The Bertz CT molecular complexity index is 489. The average molecular weight is 278 g/mol. The Hall–Kier alpha value is -2.04. The number of aliphatic carboxylic acids is 1. The molecule has 20 heavy (non-hydrogen) atoms. The fourth-order valence-electron chi connectivity index (χ4n) is 2.15. The number of aryl methyl sites for hydroxylation is 3. The first-order valence-corrected chi connectivity index (χ1v) is 6.58. The number of nitrogens with one attached hydrogen (secondary N) is 1. The minimum atomic E-state index is -0.908. The SMILES string of the molecule is Cc1cc(C)c(CNC(=O)N(C)CCC(=O)O)c(C)c1. The molecule has 1 rings (SSSR count). The largest absolute Gasteiger partial charge is 0.481 e. The van der Waals surface area contributed by atoms with Gasteiger partial charge in [-0.15, -0.1) is 0 Å². The van der Waals surface area contributed by atoms with Crippen molar-refractivity contribution >= 4 is 12.0 Å². The van der Waals surface area contributed by atoms with E-state index in [2.05, 4.69) is 17.4 Å². The third kappa shape index (κ3) is 4.57. The van der Waals surface area contributed by atoms with E-state index >= 15 is 0 Å². The third-order valence-corrected chi connectivity index (χ3v) is 3.26. The normalized spacial score (nSPS) is 10.2. The molecule has 2 N–H and O–H groups in total. The maximum absolute atomic E-state index is 11.8. The van der Waals surface area contributed by atoms with E-state index in [1.165, 1.54) is 10.5 Å². The highest BCUT2D eigenvalue weighted by atomic mass is 16.4. The van der Waals surface area contributed by atoms with Crippen molar-refractivity contribution in [1.29, 1.82) is 0 Å². The van der Waals surface area contributed by atoms with Crippen LogP contribution in [0.3, 0.4) is 0 Å². The Morgan fingerprint density at radius 1 is 1.20 bits per heavy atom. The van der Waals surface area contributed by atoms with Crippen LogP contribution >= 0.6 is 0 Å². The Balaban J connectivity index is 2.59. The van der Waals surface area contributed by atoms with Gasteiger partial charge in [0.2, 0.25) is 0 Å². The van der Waals surface area contributed by atoms with E-state index in [-0.39, 0.29) is 19.0 Å². The van der Waals surface area contributed by atoms with Gasteiger partial charge in [-0.05, 0) is 37.5 Å². The van der Waals surface area contributed by atoms with E-state index in [0.717, 1.165) is 16.7 Å². The van der Waals surface area contributed by atoms with Crippen molar-refractivity contribution in [2.75, 3.05) is 13.6 Å². The molecular weight excluding hydrogens is 256 g/mol. The number of amides is 2. The predicted molar refractivity (Wildman–Crippen MR) is 77.8 cm³/mol. The summed E-state index contributed by atoms with van der Waals surface area (Å²) in [5, 5.41) is 11.4. The number of nitrogens with zero attached hydrogens (tertiary/aromatic N) is 1. The van der Waals surface area contributed by atoms with Crippen molar-refractivity contribution in [3.05, 3.63) is 34.4 Å². The van der Waals surface area contributed by atoms with Crippen molar-refractivity contribution in [3.8, 4) is 0 Å². The van der Waals surface area contributed by atoms with Crippen molar-refractivity contribution in [2.24, 2.45) is 0 Å². The molecule has 0 bridgehead atoms. The van der Waals surface area contributed by atoms with Gasteiger partial charge in [0.25, 0.3) is 0 Å². The Labute approximate surface area is 119 Å². The number of carbonyl (C=O) groups is 2. The molecule has 2 amide bonds. The van der Waals surface area contributed by atoms with Crippen molar-refractivity contribution < 1.29 is 14.7 Å². The summed E-state index contributed by atoms with van der Waals surface area (Å²) in [6.07, 6.45) is -0.0491. The maximum Gasteiger partial charge on any atom is 0.317 e. The molecule has 0 unspecified atom stereocenters. The number of hydrogen-bond donors (Lipinski definition) is 2. The first kappa shape index (κ1) is 16.0. The number of benzene rings is 1. The number of carbonyl (C=O) groups excluding carboxylic acids is 1. The first-order chi connectivity index (χ1) is 9.31. The van der Waals surface area contributed by atoms with Gasteiger partial charge >= 0.3 is 12.0 Å². The number of urea groups is 1. The molecule has 0 fully saturated rings. The summed E-state index contributed by atoms with van der Waals surface area (Å²) >= 11 is 0. The van der Waals surface area contributed by atoms with E-state index in [0.29, 0.717) is 6.54 Å². The molecule has 1 aromatic rings. The molecule has 5 heteroatoms. The number of rotatable bonds is 5. The minimum absolute atomic E-state index is 0.0491. The molecule has 0 aromatic heterocycles. The maximum atomic E-state index is 11.8. The van der Waals surface area contributed by atoms with Crippen LogP contribution in [0.2, 0.25) is 0 Å². The average Bonchev–Trinajstić information content (AvgIpc) is 2.34. The molecular formula is C15H22N2O3. The summed E-state index contributed by atoms with van der Waals surface area (Å²) in [6.45, 7) is 6.74. The van der Waals surface area contributed by atoms with Gasteiger partial charge in [-0.1, -0.05) is 17.7 Å². The fourth-order valence-corrected chi connectivity index (χ4v) is 2.15. The van der Waals surface area contributed by atoms with Gasteiger partial charge in [-0.3, -0.25) is 4.79 Å². The lowest BCUT2D eigenvalue weighted by Gasteiger charge is -2.18. The zero-order chi connectivity index (χ0) is 15.3. The molecule has 0 saturated carbocycles. The molecule has 0 radical (unpaired) electrons. The van der Waals surface area contributed by atoms with Gasteiger partial charge in [0.05, 0.1) is 6.42 Å². The van der Waals surface area contributed by atoms with Crippen molar-refractivity contribution in [2.45, 2.75) is 33.7 Å². The summed E-state index contributed by atoms with van der Waals surface area (Å²) in [4.78, 5) is 23.7. The third-order valence-electron chi connectivity index (χ3n) is 3.26. The van der Waals surface area contributed by atoms with E-state index in [1.807, 2.05) is 20.8 Å². The van der Waals surface area contributed by atoms with Crippen molar-refractivity contribution in [3.63, 3.8) is 0 Å². The van der Waals surface area contributed by atoms with E-state index < -0.39 is 5.97 Å². The summed E-state index contributed by atoms with van der Waals surface area (Å²) < 4.78 is 0. The molecule has 0 heterocycles. The molecule has 0 aliphatic rings. The van der Waals surface area contributed by atoms with Gasteiger partial charge < -0.3 is 15.3 Å². The van der Waals surface area contributed by atoms with Crippen LogP contribution in [-0.4, -0.2) is 35.6 Å². The number of carboxylic acids is 1. The van der Waals surface area contributed by atoms with Crippen LogP contribution in [0.1, 0.15) is 28.7 Å². The van der Waals surface area contributed by atoms with Gasteiger partial charge in [-0.2, -0.15) is 0 Å². The number of carboxylic acid groups (broad SMARTS) is 1. The molecule has 0 saturated heterocycles. The van der Waals surface area contributed by atoms with Gasteiger partial charge in [-0.25, -0.2) is 4.79 Å². The van der Waals surface area contributed by atoms with Crippen LogP contribution in [0, 0.1) is 20.8 Å². The summed E-state index contributed by atoms with van der Waals surface area (Å²) in [7, 11) is 1.59. The fraction of sp³-hybridized carbons (Fsp3) is 0.467. The minimum Gasteiger partial charge on any atom is -0.481 e. The van der Waals surface area contributed by atoms with Crippen LogP contribution in [0.15, 0.2) is 12.1 Å². The molecule has 1 aromatic carbocycles. The first-order valence-electron chi connectivity index (χ1n) is 6.58. The van der Waals surface area contributed by atoms with Crippen LogP contribution in [-0.2, 0) is 11.3 Å². The second kappa shape index (κ2) is 6.93. The second-order valence-corrected chi connectivity index (χ2v) is 5.10. The second-order valence-electron chi connectivity index (χ2n) is 5.10. The van der Waals surface area contributed by atoms with Gasteiger partial charge in [0.1, 0.15) is 0 Å². The summed E-state index contributed by atoms with van der Waals surface area (Å²) in [5.41, 5.74) is 4.61. The Morgan fingerprint density at radius 3 is 2.25 bits per heavy atom. The molecule has 5 nitrogen and oxygen atoms in total. The lowest BCUT2D eigenvalue weighted by Crippen LogP contribution is -2.38. The highest BCUT2D eigenvalue weighted by Crippen LogP contribution is 2.16. The zero-order valence-corrected chi connectivity index (χ0v) is 12.5. The lowest BCUT2D eigenvalue weighted by molar-refractivity contribution is -0.137. The van der Waals surface area contributed by atoms with E-state index in [1.54, 1.807) is 7.05 Å². The Kier molecular flexibility index (Phi) is 5.55. The van der Waals surface area contributed by atoms with Crippen LogP contribution < -0.4 is 5.32 Å². The monoisotopic (exact) mass is 278 g/mol. The smallest absolute Gasteiger partial charge is 0.317 e. The predicted octanol–water partition coefficient (Wildman–Crippen LogP) is 2.23. The Morgan fingerprint density at radius 2 is 1.75 bits per heavy atom. The molecule has 110 valence electrons.